The summed E-state index contributed by atoms with van der Waals surface area (Å²) in [6, 6.07) is 5.47. The fourth-order valence-corrected chi connectivity index (χ4v) is 3.61. The number of benzene rings is 1. The lowest BCUT2D eigenvalue weighted by molar-refractivity contribution is 0.0444. The van der Waals surface area contributed by atoms with Crippen molar-refractivity contribution in [2.24, 2.45) is 0 Å². The van der Waals surface area contributed by atoms with E-state index < -0.39 is 11.6 Å². The maximum Gasteiger partial charge on any atom is 0.135 e. The monoisotopic (exact) mass is 388 g/mol. The minimum absolute atomic E-state index is 0.0718. The Morgan fingerprint density at radius 1 is 1.29 bits per heavy atom. The van der Waals surface area contributed by atoms with Gasteiger partial charge in [-0.2, -0.15) is 0 Å². The Morgan fingerprint density at radius 2 is 2.14 bits per heavy atom. The number of aromatic amines is 1. The van der Waals surface area contributed by atoms with Crippen LogP contribution in [0.2, 0.25) is 0 Å². The average Bonchev–Trinajstić information content (AvgIpc) is 3.35. The summed E-state index contributed by atoms with van der Waals surface area (Å²) in [5, 5.41) is 10.4. The molecule has 0 amide bonds. The van der Waals surface area contributed by atoms with Crippen molar-refractivity contribution in [1.29, 1.82) is 0 Å². The highest BCUT2D eigenvalue weighted by Crippen LogP contribution is 2.25. The molecular formula is C20H22F2N4O2. The molecule has 0 saturated carbocycles. The van der Waals surface area contributed by atoms with Gasteiger partial charge in [-0.15, -0.1) is 5.10 Å². The Bertz CT molecular complexity index is 969. The van der Waals surface area contributed by atoms with Gasteiger partial charge in [0, 0.05) is 36.8 Å². The zero-order chi connectivity index (χ0) is 19.7. The van der Waals surface area contributed by atoms with Crippen molar-refractivity contribution in [3.8, 4) is 11.3 Å². The van der Waals surface area contributed by atoms with E-state index in [0.29, 0.717) is 11.4 Å². The first-order valence-corrected chi connectivity index (χ1v) is 9.25. The molecule has 0 aliphatic carbocycles. The van der Waals surface area contributed by atoms with Gasteiger partial charge in [0.05, 0.1) is 18.4 Å². The summed E-state index contributed by atoms with van der Waals surface area (Å²) in [4.78, 5) is 2.33. The minimum Gasteiger partial charge on any atom is -0.466 e. The molecule has 8 heteroatoms. The molecule has 28 heavy (non-hydrogen) atoms. The molecule has 3 aromatic rings. The zero-order valence-corrected chi connectivity index (χ0v) is 15.8. The molecule has 3 heterocycles. The van der Waals surface area contributed by atoms with Crippen molar-refractivity contribution < 1.29 is 17.9 Å². The van der Waals surface area contributed by atoms with Gasteiger partial charge in [-0.3, -0.25) is 10.00 Å². The lowest BCUT2D eigenvalue weighted by Gasteiger charge is -2.15. The number of nitrogens with zero attached hydrogens (tertiary/aromatic N) is 3. The second-order valence-corrected chi connectivity index (χ2v) is 7.16. The van der Waals surface area contributed by atoms with Crippen LogP contribution in [-0.2, 0) is 17.9 Å². The Hall–Kier alpha value is -2.58. The quantitative estimate of drug-likeness (QED) is 0.697. The van der Waals surface area contributed by atoms with Crippen LogP contribution in [0.4, 0.5) is 8.78 Å². The van der Waals surface area contributed by atoms with Crippen LogP contribution in [0.1, 0.15) is 29.2 Å². The zero-order valence-electron chi connectivity index (χ0n) is 15.8. The number of hydrogen-bond donors (Lipinski definition) is 1. The number of likely N-dealkylation sites (tertiary alicyclic amines) is 1. The van der Waals surface area contributed by atoms with Gasteiger partial charge in [0.2, 0.25) is 0 Å². The first-order valence-electron chi connectivity index (χ1n) is 9.25. The average molecular weight is 388 g/mol. The van der Waals surface area contributed by atoms with E-state index in [4.69, 9.17) is 9.15 Å². The minimum atomic E-state index is -0.673. The number of halogens is 2. The highest BCUT2D eigenvalue weighted by Gasteiger charge is 2.25. The molecular weight excluding hydrogens is 366 g/mol. The third kappa shape index (κ3) is 3.98. The summed E-state index contributed by atoms with van der Waals surface area (Å²) in [6.45, 7) is 6.75. The van der Waals surface area contributed by atoms with Gasteiger partial charge in [-0.05, 0) is 38.5 Å². The molecule has 1 aliphatic rings. The van der Waals surface area contributed by atoms with E-state index in [0.717, 1.165) is 43.6 Å². The summed E-state index contributed by atoms with van der Waals surface area (Å²) < 4.78 is 38.8. The summed E-state index contributed by atoms with van der Waals surface area (Å²) >= 11 is 0. The van der Waals surface area contributed by atoms with Crippen molar-refractivity contribution in [1.82, 2.24) is 20.3 Å². The lowest BCUT2D eigenvalue weighted by atomic mass is 10.1. The molecule has 1 aliphatic heterocycles. The standard InChI is InChI=1S/C20H22F2N4O2/c1-12-7-14(13(2)28-12)9-26-6-5-16(10-26)27-11-19-20(24-25-23-19)17-4-3-15(21)8-18(17)22/h3-4,7-8,16H,5-6,9-11H2,1-2H3,(H,23,24,25). The molecule has 6 nitrogen and oxygen atoms in total. The molecule has 0 radical (unpaired) electrons. The van der Waals surface area contributed by atoms with Crippen molar-refractivity contribution >= 4 is 0 Å². The van der Waals surface area contributed by atoms with Crippen LogP contribution in [-0.4, -0.2) is 39.5 Å². The van der Waals surface area contributed by atoms with Crippen LogP contribution in [0, 0.1) is 25.5 Å². The first-order chi connectivity index (χ1) is 13.5. The topological polar surface area (TPSA) is 67.2 Å². The number of rotatable bonds is 6. The second-order valence-electron chi connectivity index (χ2n) is 7.16. The number of ether oxygens (including phenoxy) is 1. The molecule has 1 atom stereocenters. The third-order valence-corrected chi connectivity index (χ3v) is 5.04. The number of aromatic nitrogens is 3. The molecule has 1 fully saturated rings. The molecule has 1 unspecified atom stereocenters. The molecule has 4 rings (SSSR count). The van der Waals surface area contributed by atoms with Gasteiger partial charge in [-0.25, -0.2) is 8.78 Å². The van der Waals surface area contributed by atoms with Crippen molar-refractivity contribution in [3.05, 3.63) is 58.7 Å². The lowest BCUT2D eigenvalue weighted by Crippen LogP contribution is -2.23. The molecule has 0 bridgehead atoms. The van der Waals surface area contributed by atoms with E-state index >= 15 is 0 Å². The first kappa shape index (κ1) is 18.8. The molecule has 1 N–H and O–H groups in total. The van der Waals surface area contributed by atoms with Gasteiger partial charge in [0.15, 0.2) is 0 Å². The molecule has 1 saturated heterocycles. The fraction of sp³-hybridized carbons (Fsp3) is 0.400. The fourth-order valence-electron chi connectivity index (χ4n) is 3.61. The van der Waals surface area contributed by atoms with E-state index in [1.807, 2.05) is 13.8 Å². The van der Waals surface area contributed by atoms with Crippen LogP contribution in [0.3, 0.4) is 0 Å². The van der Waals surface area contributed by atoms with Crippen molar-refractivity contribution in [2.75, 3.05) is 13.1 Å². The van der Waals surface area contributed by atoms with Crippen LogP contribution in [0.15, 0.2) is 28.7 Å². The van der Waals surface area contributed by atoms with Gasteiger partial charge >= 0.3 is 0 Å². The largest absolute Gasteiger partial charge is 0.466 e. The van der Waals surface area contributed by atoms with Gasteiger partial charge in [0.1, 0.15) is 28.8 Å². The molecule has 148 valence electrons. The summed E-state index contributed by atoms with van der Waals surface area (Å²) in [6.07, 6.45) is 0.986. The van der Waals surface area contributed by atoms with E-state index in [-0.39, 0.29) is 18.3 Å². The number of nitrogens with one attached hydrogen (secondary N) is 1. The predicted octanol–water partition coefficient (Wildman–Crippen LogP) is 3.75. The van der Waals surface area contributed by atoms with Gasteiger partial charge in [0.25, 0.3) is 0 Å². The third-order valence-electron chi connectivity index (χ3n) is 5.04. The van der Waals surface area contributed by atoms with Crippen molar-refractivity contribution in [3.63, 3.8) is 0 Å². The summed E-state index contributed by atoms with van der Waals surface area (Å²) in [5.41, 5.74) is 2.32. The van der Waals surface area contributed by atoms with Crippen LogP contribution in [0.25, 0.3) is 11.3 Å². The van der Waals surface area contributed by atoms with E-state index in [9.17, 15) is 8.78 Å². The SMILES string of the molecule is Cc1cc(CN2CCC(OCc3[nH]nnc3-c3ccc(F)cc3F)C2)c(C)o1. The predicted molar refractivity (Wildman–Crippen MR) is 98.4 cm³/mol. The van der Waals surface area contributed by atoms with Crippen LogP contribution in [0.5, 0.6) is 0 Å². The second kappa shape index (κ2) is 7.81. The smallest absolute Gasteiger partial charge is 0.135 e. The molecule has 2 aromatic heterocycles. The number of furan rings is 1. The van der Waals surface area contributed by atoms with Crippen molar-refractivity contribution in [2.45, 2.75) is 39.5 Å². The summed E-state index contributed by atoms with van der Waals surface area (Å²) in [5.74, 6) is 0.577. The normalized spacial score (nSPS) is 17.5. The Labute approximate surface area is 161 Å². The van der Waals surface area contributed by atoms with E-state index in [1.54, 1.807) is 0 Å². The Morgan fingerprint density at radius 3 is 2.89 bits per heavy atom. The van der Waals surface area contributed by atoms with E-state index in [2.05, 4.69) is 26.4 Å². The Kier molecular flexibility index (Phi) is 5.23. The number of H-pyrrole nitrogens is 1. The maximum absolute atomic E-state index is 14.1. The van der Waals surface area contributed by atoms with Gasteiger partial charge < -0.3 is 9.15 Å². The molecule has 0 spiro atoms. The molecule has 1 aromatic carbocycles. The number of hydrogen-bond acceptors (Lipinski definition) is 5. The highest BCUT2D eigenvalue weighted by molar-refractivity contribution is 5.61. The van der Waals surface area contributed by atoms with Crippen LogP contribution < -0.4 is 0 Å². The van der Waals surface area contributed by atoms with Gasteiger partial charge in [-0.1, -0.05) is 5.21 Å². The Balaban J connectivity index is 1.36. The van der Waals surface area contributed by atoms with E-state index in [1.165, 1.54) is 17.7 Å². The van der Waals surface area contributed by atoms with Crippen LogP contribution >= 0.6 is 0 Å². The number of aryl methyl sites for hydroxylation is 2. The summed E-state index contributed by atoms with van der Waals surface area (Å²) in [7, 11) is 0. The maximum atomic E-state index is 14.1. The highest BCUT2D eigenvalue weighted by atomic mass is 19.1.